The maximum atomic E-state index is 11.8. The molecule has 1 fully saturated rings. The summed E-state index contributed by atoms with van der Waals surface area (Å²) in [5, 5.41) is 13.6. The summed E-state index contributed by atoms with van der Waals surface area (Å²) in [6, 6.07) is -0.522. The van der Waals surface area contributed by atoms with Crippen LogP contribution < -0.4 is 10.6 Å². The molecular formula is C12H19N3O5. The molecule has 0 aliphatic carbocycles. The average molecular weight is 285 g/mol. The SMILES string of the molecule is CC(CNC(=O)CCN1C(=O)NC(C)(C)C1=O)C(=O)O. The Morgan fingerprint density at radius 3 is 2.45 bits per heavy atom. The van der Waals surface area contributed by atoms with E-state index in [2.05, 4.69) is 10.6 Å². The first-order chi connectivity index (χ1) is 9.15. The van der Waals surface area contributed by atoms with Crippen molar-refractivity contribution >= 4 is 23.8 Å². The number of amides is 4. The van der Waals surface area contributed by atoms with Crippen LogP contribution in [0, 0.1) is 5.92 Å². The van der Waals surface area contributed by atoms with Gasteiger partial charge in [0, 0.05) is 19.5 Å². The Bertz CT molecular complexity index is 446. The molecule has 0 bridgehead atoms. The third kappa shape index (κ3) is 3.69. The number of carbonyl (C=O) groups is 4. The van der Waals surface area contributed by atoms with Crippen molar-refractivity contribution in [3.05, 3.63) is 0 Å². The molecule has 112 valence electrons. The molecule has 1 aliphatic heterocycles. The third-order valence-corrected chi connectivity index (χ3v) is 3.03. The fraction of sp³-hybridized carbons (Fsp3) is 0.667. The maximum absolute atomic E-state index is 11.8. The lowest BCUT2D eigenvalue weighted by Gasteiger charge is -2.16. The van der Waals surface area contributed by atoms with Crippen LogP contribution in [-0.2, 0) is 14.4 Å². The van der Waals surface area contributed by atoms with Crippen molar-refractivity contribution in [1.29, 1.82) is 0 Å². The van der Waals surface area contributed by atoms with Crippen LogP contribution in [0.2, 0.25) is 0 Å². The van der Waals surface area contributed by atoms with Gasteiger partial charge in [-0.05, 0) is 13.8 Å². The number of aliphatic carboxylic acids is 1. The van der Waals surface area contributed by atoms with Gasteiger partial charge in [-0.1, -0.05) is 6.92 Å². The van der Waals surface area contributed by atoms with Gasteiger partial charge >= 0.3 is 12.0 Å². The summed E-state index contributed by atoms with van der Waals surface area (Å²) in [5.74, 6) is -2.46. The molecule has 0 aromatic rings. The Kier molecular flexibility index (Phi) is 4.69. The van der Waals surface area contributed by atoms with E-state index < -0.39 is 29.4 Å². The first kappa shape index (κ1) is 15.9. The minimum absolute atomic E-state index is 0.0137. The van der Waals surface area contributed by atoms with Crippen LogP contribution in [0.1, 0.15) is 27.2 Å². The lowest BCUT2D eigenvalue weighted by atomic mass is 10.1. The first-order valence-corrected chi connectivity index (χ1v) is 6.28. The van der Waals surface area contributed by atoms with Crippen molar-refractivity contribution in [3.8, 4) is 0 Å². The lowest BCUT2D eigenvalue weighted by molar-refractivity contribution is -0.141. The summed E-state index contributed by atoms with van der Waals surface area (Å²) in [5.41, 5.74) is -0.953. The molecule has 8 nitrogen and oxygen atoms in total. The zero-order valence-electron chi connectivity index (χ0n) is 11.7. The Hall–Kier alpha value is -2.12. The van der Waals surface area contributed by atoms with Crippen molar-refractivity contribution in [2.75, 3.05) is 13.1 Å². The number of hydrogen-bond donors (Lipinski definition) is 3. The second-order valence-corrected chi connectivity index (χ2v) is 5.31. The molecule has 0 radical (unpaired) electrons. The topological polar surface area (TPSA) is 116 Å². The van der Waals surface area contributed by atoms with E-state index in [1.807, 2.05) is 0 Å². The van der Waals surface area contributed by atoms with E-state index in [9.17, 15) is 19.2 Å². The van der Waals surface area contributed by atoms with E-state index in [1.165, 1.54) is 6.92 Å². The molecule has 20 heavy (non-hydrogen) atoms. The standard InChI is InChI=1S/C12H19N3O5/c1-7(9(17)18)6-13-8(16)4-5-15-10(19)12(2,3)14-11(15)20/h7H,4-6H2,1-3H3,(H,13,16)(H,14,20)(H,17,18). The number of carboxylic acid groups (broad SMARTS) is 1. The van der Waals surface area contributed by atoms with Gasteiger partial charge in [-0.2, -0.15) is 0 Å². The molecule has 4 amide bonds. The van der Waals surface area contributed by atoms with Gasteiger partial charge in [0.15, 0.2) is 0 Å². The fourth-order valence-electron chi connectivity index (χ4n) is 1.68. The highest BCUT2D eigenvalue weighted by Gasteiger charge is 2.43. The monoisotopic (exact) mass is 285 g/mol. The molecule has 8 heteroatoms. The van der Waals surface area contributed by atoms with Gasteiger partial charge in [-0.15, -0.1) is 0 Å². The summed E-state index contributed by atoms with van der Waals surface area (Å²) in [4.78, 5) is 46.5. The summed E-state index contributed by atoms with van der Waals surface area (Å²) >= 11 is 0. The van der Waals surface area contributed by atoms with Crippen molar-refractivity contribution in [1.82, 2.24) is 15.5 Å². The molecule has 0 spiro atoms. The second kappa shape index (κ2) is 5.89. The molecule has 0 aromatic carbocycles. The van der Waals surface area contributed by atoms with Crippen LogP contribution in [0.4, 0.5) is 4.79 Å². The molecule has 0 aromatic heterocycles. The van der Waals surface area contributed by atoms with Gasteiger partial charge in [-0.3, -0.25) is 19.3 Å². The molecule has 1 rings (SSSR count). The minimum Gasteiger partial charge on any atom is -0.481 e. The Balaban J connectivity index is 2.40. The largest absolute Gasteiger partial charge is 0.481 e. The van der Waals surface area contributed by atoms with Crippen LogP contribution in [0.15, 0.2) is 0 Å². The summed E-state index contributed by atoms with van der Waals surface area (Å²) in [6.07, 6.45) is -0.0540. The van der Waals surface area contributed by atoms with E-state index in [0.717, 1.165) is 4.90 Å². The predicted octanol–water partition coefficient (Wildman–Crippen LogP) is -0.456. The van der Waals surface area contributed by atoms with Gasteiger partial charge in [0.2, 0.25) is 5.91 Å². The molecule has 1 heterocycles. The molecule has 3 N–H and O–H groups in total. The van der Waals surface area contributed by atoms with Crippen LogP contribution in [0.25, 0.3) is 0 Å². The second-order valence-electron chi connectivity index (χ2n) is 5.31. The van der Waals surface area contributed by atoms with Crippen molar-refractivity contribution < 1.29 is 24.3 Å². The quantitative estimate of drug-likeness (QED) is 0.571. The zero-order chi connectivity index (χ0) is 15.5. The highest BCUT2D eigenvalue weighted by Crippen LogP contribution is 2.16. The van der Waals surface area contributed by atoms with E-state index in [0.29, 0.717) is 0 Å². The highest BCUT2D eigenvalue weighted by molar-refractivity contribution is 6.06. The minimum atomic E-state index is -0.999. The van der Waals surface area contributed by atoms with Crippen molar-refractivity contribution in [2.24, 2.45) is 5.92 Å². The van der Waals surface area contributed by atoms with E-state index in [4.69, 9.17) is 5.11 Å². The van der Waals surface area contributed by atoms with Crippen LogP contribution in [0.5, 0.6) is 0 Å². The summed E-state index contributed by atoms with van der Waals surface area (Å²) < 4.78 is 0. The maximum Gasteiger partial charge on any atom is 0.325 e. The molecule has 1 atom stereocenters. The van der Waals surface area contributed by atoms with Gasteiger partial charge < -0.3 is 15.7 Å². The number of carboxylic acids is 1. The number of urea groups is 1. The average Bonchev–Trinajstić information content (AvgIpc) is 2.53. The van der Waals surface area contributed by atoms with E-state index >= 15 is 0 Å². The van der Waals surface area contributed by atoms with E-state index in [1.54, 1.807) is 13.8 Å². The van der Waals surface area contributed by atoms with Crippen LogP contribution >= 0.6 is 0 Å². The summed E-state index contributed by atoms with van der Waals surface area (Å²) in [6.45, 7) is 4.63. The number of hydrogen-bond acceptors (Lipinski definition) is 4. The number of rotatable bonds is 6. The molecular weight excluding hydrogens is 266 g/mol. The number of nitrogens with zero attached hydrogens (tertiary/aromatic N) is 1. The smallest absolute Gasteiger partial charge is 0.325 e. The normalized spacial score (nSPS) is 18.6. The fourth-order valence-corrected chi connectivity index (χ4v) is 1.68. The van der Waals surface area contributed by atoms with E-state index in [-0.39, 0.29) is 25.4 Å². The van der Waals surface area contributed by atoms with Crippen LogP contribution in [0.3, 0.4) is 0 Å². The number of imide groups is 1. The molecule has 0 saturated carbocycles. The predicted molar refractivity (Wildman–Crippen MR) is 68.8 cm³/mol. The Labute approximate surface area is 116 Å². The van der Waals surface area contributed by atoms with Gasteiger partial charge in [-0.25, -0.2) is 4.79 Å². The van der Waals surface area contributed by atoms with Gasteiger partial charge in [0.05, 0.1) is 5.92 Å². The number of carbonyl (C=O) groups excluding carboxylic acids is 3. The summed E-state index contributed by atoms with van der Waals surface area (Å²) in [7, 11) is 0. The van der Waals surface area contributed by atoms with Crippen LogP contribution in [-0.4, -0.2) is 52.4 Å². The van der Waals surface area contributed by atoms with Crippen molar-refractivity contribution in [2.45, 2.75) is 32.7 Å². The lowest BCUT2D eigenvalue weighted by Crippen LogP contribution is -2.41. The molecule has 1 unspecified atom stereocenters. The zero-order valence-corrected chi connectivity index (χ0v) is 11.7. The van der Waals surface area contributed by atoms with Gasteiger partial charge in [0.25, 0.3) is 5.91 Å². The Morgan fingerprint density at radius 2 is 2.00 bits per heavy atom. The number of nitrogens with one attached hydrogen (secondary N) is 2. The Morgan fingerprint density at radius 1 is 1.40 bits per heavy atom. The van der Waals surface area contributed by atoms with Gasteiger partial charge in [0.1, 0.15) is 5.54 Å². The highest BCUT2D eigenvalue weighted by atomic mass is 16.4. The molecule has 1 saturated heterocycles. The third-order valence-electron chi connectivity index (χ3n) is 3.03. The first-order valence-electron chi connectivity index (χ1n) is 6.28. The molecule has 1 aliphatic rings. The van der Waals surface area contributed by atoms with Crippen molar-refractivity contribution in [3.63, 3.8) is 0 Å².